The van der Waals surface area contributed by atoms with Gasteiger partial charge in [0.25, 0.3) is 0 Å². The molecule has 3 atom stereocenters. The summed E-state index contributed by atoms with van der Waals surface area (Å²) in [6.45, 7) is 5.28. The van der Waals surface area contributed by atoms with Gasteiger partial charge in [-0.2, -0.15) is 0 Å². The van der Waals surface area contributed by atoms with E-state index < -0.39 is 0 Å². The van der Waals surface area contributed by atoms with Crippen molar-refractivity contribution in [2.45, 2.75) is 25.4 Å². The summed E-state index contributed by atoms with van der Waals surface area (Å²) in [4.78, 5) is 14.0. The molecule has 0 bridgehead atoms. The van der Waals surface area contributed by atoms with Gasteiger partial charge in [0.2, 0.25) is 5.91 Å². The molecule has 0 aromatic heterocycles. The van der Waals surface area contributed by atoms with Crippen molar-refractivity contribution >= 4 is 5.91 Å². The molecule has 0 unspecified atom stereocenters. The van der Waals surface area contributed by atoms with Crippen LogP contribution < -0.4 is 0 Å². The Morgan fingerprint density at radius 2 is 2.24 bits per heavy atom. The average molecular weight is 239 g/mol. The minimum absolute atomic E-state index is 0.0796. The molecule has 4 heteroatoms. The Balaban J connectivity index is 1.57. The minimum atomic E-state index is -0.0796. The predicted molar refractivity (Wildman–Crippen MR) is 62.5 cm³/mol. The highest BCUT2D eigenvalue weighted by Crippen LogP contribution is 2.45. The van der Waals surface area contributed by atoms with E-state index in [0.717, 1.165) is 39.1 Å². The lowest BCUT2D eigenvalue weighted by molar-refractivity contribution is -0.169. The zero-order chi connectivity index (χ0) is 12.0. The van der Waals surface area contributed by atoms with Crippen molar-refractivity contribution in [3.05, 3.63) is 0 Å². The molecule has 3 rings (SSSR count). The number of hydrogen-bond acceptors (Lipinski definition) is 3. The van der Waals surface area contributed by atoms with Crippen LogP contribution in [0.4, 0.5) is 0 Å². The van der Waals surface area contributed by atoms with E-state index in [1.165, 1.54) is 0 Å². The molecule has 0 aromatic rings. The van der Waals surface area contributed by atoms with Crippen molar-refractivity contribution in [3.63, 3.8) is 0 Å². The number of nitrogens with zero attached hydrogens (tertiary/aromatic N) is 1. The smallest absolute Gasteiger partial charge is 0.226 e. The highest BCUT2D eigenvalue weighted by molar-refractivity contribution is 5.82. The number of ether oxygens (including phenoxy) is 2. The van der Waals surface area contributed by atoms with Gasteiger partial charge >= 0.3 is 0 Å². The molecule has 3 fully saturated rings. The van der Waals surface area contributed by atoms with Gasteiger partial charge in [-0.3, -0.25) is 4.79 Å². The van der Waals surface area contributed by atoms with E-state index in [2.05, 4.69) is 6.92 Å². The zero-order valence-electron chi connectivity index (χ0n) is 10.6. The molecule has 1 saturated carbocycles. The van der Waals surface area contributed by atoms with Gasteiger partial charge in [-0.15, -0.1) is 0 Å². The summed E-state index contributed by atoms with van der Waals surface area (Å²) in [7, 11) is 1.74. The van der Waals surface area contributed by atoms with Crippen molar-refractivity contribution in [2.24, 2.45) is 17.8 Å². The Kier molecular flexibility index (Phi) is 2.67. The zero-order valence-corrected chi connectivity index (χ0v) is 10.6. The van der Waals surface area contributed by atoms with E-state index in [0.29, 0.717) is 23.7 Å². The molecule has 0 aromatic carbocycles. The topological polar surface area (TPSA) is 38.8 Å². The molecular weight excluding hydrogens is 218 g/mol. The van der Waals surface area contributed by atoms with E-state index in [-0.39, 0.29) is 5.60 Å². The Hall–Kier alpha value is -0.610. The van der Waals surface area contributed by atoms with E-state index in [1.54, 1.807) is 7.11 Å². The monoisotopic (exact) mass is 239 g/mol. The summed E-state index contributed by atoms with van der Waals surface area (Å²) in [6.07, 6.45) is 2.14. The maximum Gasteiger partial charge on any atom is 0.226 e. The number of rotatable bonds is 3. The Bertz CT molecular complexity index is 325. The van der Waals surface area contributed by atoms with Gasteiger partial charge in [-0.1, -0.05) is 6.92 Å². The van der Waals surface area contributed by atoms with Crippen LogP contribution in [-0.2, 0) is 14.3 Å². The summed E-state index contributed by atoms with van der Waals surface area (Å²) < 4.78 is 11.1. The largest absolute Gasteiger partial charge is 0.384 e. The standard InChI is InChI=1S/C13H21NO3/c1-9-5-11(9)12(15)14-7-13(8-14)10(6-16-2)3-4-17-13/h9-11H,3-8H2,1-2H3/t9-,10+,11-/m1/s1. The van der Waals surface area contributed by atoms with Crippen molar-refractivity contribution in [1.82, 2.24) is 4.90 Å². The molecule has 1 amide bonds. The average Bonchev–Trinajstić information content (AvgIpc) is 2.83. The first kappa shape index (κ1) is 11.5. The second-order valence-corrected chi connectivity index (χ2v) is 5.87. The molecule has 4 nitrogen and oxygen atoms in total. The molecule has 0 radical (unpaired) electrons. The number of likely N-dealkylation sites (tertiary alicyclic amines) is 1. The Morgan fingerprint density at radius 3 is 2.82 bits per heavy atom. The van der Waals surface area contributed by atoms with Crippen molar-refractivity contribution in [1.29, 1.82) is 0 Å². The van der Waals surface area contributed by atoms with Crippen LogP contribution in [0.15, 0.2) is 0 Å². The van der Waals surface area contributed by atoms with E-state index in [1.807, 2.05) is 4.90 Å². The first-order chi connectivity index (χ1) is 8.16. The molecule has 0 N–H and O–H groups in total. The third kappa shape index (κ3) is 1.78. The quantitative estimate of drug-likeness (QED) is 0.734. The summed E-state index contributed by atoms with van der Waals surface area (Å²) >= 11 is 0. The molecule has 2 saturated heterocycles. The molecule has 96 valence electrons. The van der Waals surface area contributed by atoms with Gasteiger partial charge < -0.3 is 14.4 Å². The molecule has 1 spiro atoms. The lowest BCUT2D eigenvalue weighted by Crippen LogP contribution is -2.67. The van der Waals surface area contributed by atoms with Crippen LogP contribution in [0.5, 0.6) is 0 Å². The molecule has 2 heterocycles. The first-order valence-electron chi connectivity index (χ1n) is 6.58. The van der Waals surface area contributed by atoms with Crippen molar-refractivity contribution in [2.75, 3.05) is 33.4 Å². The van der Waals surface area contributed by atoms with Gasteiger partial charge in [0, 0.05) is 25.6 Å². The third-order valence-electron chi connectivity index (χ3n) is 4.62. The Morgan fingerprint density at radius 1 is 1.53 bits per heavy atom. The van der Waals surface area contributed by atoms with Crippen LogP contribution in [-0.4, -0.2) is 49.8 Å². The first-order valence-corrected chi connectivity index (χ1v) is 6.58. The second-order valence-electron chi connectivity index (χ2n) is 5.87. The summed E-state index contributed by atoms with van der Waals surface area (Å²) in [5, 5.41) is 0. The van der Waals surface area contributed by atoms with Gasteiger partial charge in [0.05, 0.1) is 19.7 Å². The predicted octanol–water partition coefficient (Wildman–Crippen LogP) is 0.906. The van der Waals surface area contributed by atoms with Gasteiger partial charge in [0.15, 0.2) is 0 Å². The number of carbonyl (C=O) groups is 1. The van der Waals surface area contributed by atoms with Crippen LogP contribution in [0.3, 0.4) is 0 Å². The van der Waals surface area contributed by atoms with E-state index >= 15 is 0 Å². The highest BCUT2D eigenvalue weighted by atomic mass is 16.5. The fourth-order valence-corrected chi connectivity index (χ4v) is 3.23. The van der Waals surface area contributed by atoms with E-state index in [9.17, 15) is 4.79 Å². The number of amides is 1. The fourth-order valence-electron chi connectivity index (χ4n) is 3.23. The SMILES string of the molecule is COC[C@@H]1CCOC12CN(C(=O)[C@@H]1C[C@H]1C)C2. The van der Waals surface area contributed by atoms with Crippen LogP contribution in [0, 0.1) is 17.8 Å². The lowest BCUT2D eigenvalue weighted by Gasteiger charge is -2.50. The lowest BCUT2D eigenvalue weighted by atomic mass is 9.81. The van der Waals surface area contributed by atoms with Gasteiger partial charge in [0.1, 0.15) is 5.60 Å². The van der Waals surface area contributed by atoms with Crippen LogP contribution in [0.1, 0.15) is 19.8 Å². The van der Waals surface area contributed by atoms with Gasteiger partial charge in [-0.25, -0.2) is 0 Å². The number of methoxy groups -OCH3 is 1. The van der Waals surface area contributed by atoms with Crippen LogP contribution in [0.25, 0.3) is 0 Å². The fraction of sp³-hybridized carbons (Fsp3) is 0.923. The Labute approximate surface area is 102 Å². The second kappa shape index (κ2) is 3.95. The molecule has 17 heavy (non-hydrogen) atoms. The van der Waals surface area contributed by atoms with Crippen LogP contribution in [0.2, 0.25) is 0 Å². The van der Waals surface area contributed by atoms with Gasteiger partial charge in [-0.05, 0) is 18.8 Å². The van der Waals surface area contributed by atoms with Crippen molar-refractivity contribution < 1.29 is 14.3 Å². The number of hydrogen-bond donors (Lipinski definition) is 0. The minimum Gasteiger partial charge on any atom is -0.384 e. The maximum absolute atomic E-state index is 12.0. The molecule has 2 aliphatic heterocycles. The molecular formula is C13H21NO3. The summed E-state index contributed by atoms with van der Waals surface area (Å²) in [5.74, 6) is 1.70. The molecule has 1 aliphatic carbocycles. The summed E-state index contributed by atoms with van der Waals surface area (Å²) in [5.41, 5.74) is -0.0796. The highest BCUT2D eigenvalue weighted by Gasteiger charge is 2.56. The van der Waals surface area contributed by atoms with Crippen molar-refractivity contribution in [3.8, 4) is 0 Å². The maximum atomic E-state index is 12.0. The third-order valence-corrected chi connectivity index (χ3v) is 4.62. The number of carbonyl (C=O) groups excluding carboxylic acids is 1. The molecule has 3 aliphatic rings. The summed E-state index contributed by atoms with van der Waals surface area (Å²) in [6, 6.07) is 0. The van der Waals surface area contributed by atoms with E-state index in [4.69, 9.17) is 9.47 Å². The normalized spacial score (nSPS) is 38.2. The van der Waals surface area contributed by atoms with Crippen LogP contribution >= 0.6 is 0 Å².